The average molecular weight is 187 g/mol. The van der Waals surface area contributed by atoms with Crippen molar-refractivity contribution >= 4 is 5.97 Å². The minimum Gasteiger partial charge on any atom is -0.480 e. The Bertz CT molecular complexity index is 247. The lowest BCUT2D eigenvalue weighted by Gasteiger charge is -2.32. The fraction of sp³-hybridized carbons (Fsp3) is 0.889. The molecule has 1 heterocycles. The molecule has 1 fully saturated rings. The van der Waals surface area contributed by atoms with Gasteiger partial charge in [0.25, 0.3) is 0 Å². The maximum Gasteiger partial charge on any atom is 0.326 e. The molecule has 0 aromatic rings. The summed E-state index contributed by atoms with van der Waals surface area (Å²) in [6, 6.07) is 0. The van der Waals surface area contributed by atoms with Gasteiger partial charge >= 0.3 is 5.97 Å². The van der Waals surface area contributed by atoms with Crippen molar-refractivity contribution in [1.29, 1.82) is 0 Å². The molecule has 1 saturated heterocycles. The quantitative estimate of drug-likeness (QED) is 0.635. The summed E-state index contributed by atoms with van der Waals surface area (Å²) in [7, 11) is 0. The zero-order valence-corrected chi connectivity index (χ0v) is 8.55. The van der Waals surface area contributed by atoms with Crippen molar-refractivity contribution in [2.24, 2.45) is 5.73 Å². The van der Waals surface area contributed by atoms with Crippen LogP contribution >= 0.6 is 0 Å². The number of carbonyl (C=O) groups is 1. The van der Waals surface area contributed by atoms with Gasteiger partial charge in [0, 0.05) is 6.42 Å². The molecule has 1 aliphatic rings. The van der Waals surface area contributed by atoms with Gasteiger partial charge < -0.3 is 15.6 Å². The van der Waals surface area contributed by atoms with Gasteiger partial charge in [-0.1, -0.05) is 0 Å². The molecule has 0 aromatic heterocycles. The summed E-state index contributed by atoms with van der Waals surface area (Å²) in [5.74, 6) is -0.997. The molecule has 13 heavy (non-hydrogen) atoms. The zero-order valence-electron chi connectivity index (χ0n) is 8.55. The monoisotopic (exact) mass is 187 g/mol. The lowest BCUT2D eigenvalue weighted by atomic mass is 9.80. The standard InChI is InChI=1S/C9H17NO3/c1-7(2)5-9(10,6(11)12)8(3,4)13-7/h5,10H2,1-4H3,(H,11,12). The van der Waals surface area contributed by atoms with Crippen molar-refractivity contribution in [3.05, 3.63) is 0 Å². The first kappa shape index (κ1) is 10.5. The number of ether oxygens (including phenoxy) is 1. The van der Waals surface area contributed by atoms with Gasteiger partial charge in [-0.25, -0.2) is 0 Å². The highest BCUT2D eigenvalue weighted by Gasteiger charge is 2.59. The molecule has 3 N–H and O–H groups in total. The summed E-state index contributed by atoms with van der Waals surface area (Å²) in [5, 5.41) is 9.04. The molecule has 0 aromatic carbocycles. The third-order valence-corrected chi connectivity index (χ3v) is 2.69. The highest BCUT2D eigenvalue weighted by molar-refractivity contribution is 5.81. The van der Waals surface area contributed by atoms with Crippen LogP contribution in [-0.2, 0) is 9.53 Å². The van der Waals surface area contributed by atoms with Crippen LogP contribution in [0.15, 0.2) is 0 Å². The lowest BCUT2D eigenvalue weighted by Crippen LogP contribution is -2.59. The van der Waals surface area contributed by atoms with Gasteiger partial charge in [-0.05, 0) is 27.7 Å². The number of hydrogen-bond acceptors (Lipinski definition) is 3. The minimum absolute atomic E-state index is 0.336. The predicted molar refractivity (Wildman–Crippen MR) is 48.4 cm³/mol. The van der Waals surface area contributed by atoms with Crippen molar-refractivity contribution in [3.8, 4) is 0 Å². The Morgan fingerprint density at radius 1 is 1.38 bits per heavy atom. The molecule has 0 aliphatic carbocycles. The van der Waals surface area contributed by atoms with Crippen LogP contribution < -0.4 is 5.73 Å². The minimum atomic E-state index is -1.28. The first-order chi connectivity index (χ1) is 5.61. The Kier molecular flexibility index (Phi) is 1.98. The second kappa shape index (κ2) is 2.45. The molecule has 0 radical (unpaired) electrons. The van der Waals surface area contributed by atoms with Crippen LogP contribution in [0.25, 0.3) is 0 Å². The van der Waals surface area contributed by atoms with Crippen molar-refractivity contribution < 1.29 is 14.6 Å². The maximum absolute atomic E-state index is 11.0. The molecule has 0 saturated carbocycles. The van der Waals surface area contributed by atoms with Crippen LogP contribution in [0, 0.1) is 0 Å². The third-order valence-electron chi connectivity index (χ3n) is 2.69. The largest absolute Gasteiger partial charge is 0.480 e. The lowest BCUT2D eigenvalue weighted by molar-refractivity contribution is -0.150. The summed E-state index contributed by atoms with van der Waals surface area (Å²) >= 11 is 0. The molecule has 1 rings (SSSR count). The number of carboxylic acids is 1. The molecular weight excluding hydrogens is 170 g/mol. The predicted octanol–water partition coefficient (Wildman–Crippen LogP) is 0.746. The average Bonchev–Trinajstić information content (AvgIpc) is 1.97. The highest BCUT2D eigenvalue weighted by atomic mass is 16.5. The van der Waals surface area contributed by atoms with E-state index in [-0.39, 0.29) is 0 Å². The topological polar surface area (TPSA) is 72.6 Å². The summed E-state index contributed by atoms with van der Waals surface area (Å²) in [6.07, 6.45) is 0.336. The number of rotatable bonds is 1. The maximum atomic E-state index is 11.0. The molecular formula is C9H17NO3. The van der Waals surface area contributed by atoms with Gasteiger partial charge in [-0.15, -0.1) is 0 Å². The van der Waals surface area contributed by atoms with Gasteiger partial charge in [-0.2, -0.15) is 0 Å². The number of aliphatic carboxylic acids is 1. The van der Waals surface area contributed by atoms with Gasteiger partial charge in [-0.3, -0.25) is 4.79 Å². The number of carboxylic acid groups (broad SMARTS) is 1. The normalized spacial score (nSPS) is 36.1. The van der Waals surface area contributed by atoms with E-state index in [4.69, 9.17) is 15.6 Å². The van der Waals surface area contributed by atoms with Crippen LogP contribution in [0.4, 0.5) is 0 Å². The van der Waals surface area contributed by atoms with Gasteiger partial charge in [0.2, 0.25) is 0 Å². The molecule has 4 heteroatoms. The first-order valence-electron chi connectivity index (χ1n) is 4.33. The molecule has 1 atom stereocenters. The van der Waals surface area contributed by atoms with Gasteiger partial charge in [0.05, 0.1) is 11.2 Å². The van der Waals surface area contributed by atoms with Crippen molar-refractivity contribution in [3.63, 3.8) is 0 Å². The third kappa shape index (κ3) is 1.44. The van der Waals surface area contributed by atoms with E-state index in [0.717, 1.165) is 0 Å². The van der Waals surface area contributed by atoms with Crippen LogP contribution in [0.3, 0.4) is 0 Å². The second-order valence-corrected chi connectivity index (χ2v) is 4.83. The van der Waals surface area contributed by atoms with E-state index in [1.165, 1.54) is 0 Å². The summed E-state index contributed by atoms with van der Waals surface area (Å²) in [4.78, 5) is 11.0. The Hall–Kier alpha value is -0.610. The molecule has 1 aliphatic heterocycles. The molecule has 0 bridgehead atoms. The van der Waals surface area contributed by atoms with E-state index in [1.54, 1.807) is 13.8 Å². The van der Waals surface area contributed by atoms with E-state index in [2.05, 4.69) is 0 Å². The van der Waals surface area contributed by atoms with Gasteiger partial charge in [0.15, 0.2) is 0 Å². The van der Waals surface area contributed by atoms with Gasteiger partial charge in [0.1, 0.15) is 5.54 Å². The fourth-order valence-corrected chi connectivity index (χ4v) is 2.04. The Labute approximate surface area is 78.1 Å². The SMILES string of the molecule is CC1(C)CC(N)(C(=O)O)C(C)(C)O1. The van der Waals surface area contributed by atoms with E-state index < -0.39 is 22.7 Å². The van der Waals surface area contributed by atoms with E-state index in [1.807, 2.05) is 13.8 Å². The molecule has 0 spiro atoms. The van der Waals surface area contributed by atoms with E-state index in [0.29, 0.717) is 6.42 Å². The van der Waals surface area contributed by atoms with Crippen LogP contribution in [0.5, 0.6) is 0 Å². The highest BCUT2D eigenvalue weighted by Crippen LogP contribution is 2.43. The molecule has 1 unspecified atom stereocenters. The Morgan fingerprint density at radius 2 is 1.85 bits per heavy atom. The van der Waals surface area contributed by atoms with Crippen LogP contribution in [0.2, 0.25) is 0 Å². The summed E-state index contributed by atoms with van der Waals surface area (Å²) in [5.41, 5.74) is 3.27. The zero-order chi connectivity index (χ0) is 10.5. The van der Waals surface area contributed by atoms with Crippen molar-refractivity contribution in [2.75, 3.05) is 0 Å². The Balaban J connectivity index is 3.07. The molecule has 76 valence electrons. The molecule has 4 nitrogen and oxygen atoms in total. The number of nitrogens with two attached hydrogens (primary N) is 1. The Morgan fingerprint density at radius 3 is 2.00 bits per heavy atom. The van der Waals surface area contributed by atoms with E-state index >= 15 is 0 Å². The molecule has 0 amide bonds. The second-order valence-electron chi connectivity index (χ2n) is 4.83. The van der Waals surface area contributed by atoms with E-state index in [9.17, 15) is 4.79 Å². The first-order valence-corrected chi connectivity index (χ1v) is 4.33. The fourth-order valence-electron chi connectivity index (χ4n) is 2.04. The van der Waals surface area contributed by atoms with Crippen LogP contribution in [0.1, 0.15) is 34.1 Å². The number of hydrogen-bond donors (Lipinski definition) is 2. The van der Waals surface area contributed by atoms with Crippen molar-refractivity contribution in [2.45, 2.75) is 50.9 Å². The van der Waals surface area contributed by atoms with Crippen LogP contribution in [-0.4, -0.2) is 27.8 Å². The van der Waals surface area contributed by atoms with Crippen molar-refractivity contribution in [1.82, 2.24) is 0 Å². The smallest absolute Gasteiger partial charge is 0.326 e. The summed E-state index contributed by atoms with van der Waals surface area (Å²) in [6.45, 7) is 7.14. The summed E-state index contributed by atoms with van der Waals surface area (Å²) < 4.78 is 5.61.